The number of amides is 2. The molecule has 0 spiro atoms. The van der Waals surface area contributed by atoms with E-state index in [1.54, 1.807) is 11.3 Å². The van der Waals surface area contributed by atoms with E-state index in [0.717, 1.165) is 19.4 Å². The Morgan fingerprint density at radius 2 is 2.20 bits per heavy atom. The molecule has 0 aliphatic rings. The molecule has 3 nitrogen and oxygen atoms in total. The molecule has 0 aromatic carbocycles. The summed E-state index contributed by atoms with van der Waals surface area (Å²) in [5.41, 5.74) is 0. The average molecular weight is 226 g/mol. The third-order valence-corrected chi connectivity index (χ3v) is 3.04. The van der Waals surface area contributed by atoms with Gasteiger partial charge in [0.2, 0.25) is 0 Å². The van der Waals surface area contributed by atoms with E-state index in [1.165, 1.54) is 9.75 Å². The summed E-state index contributed by atoms with van der Waals surface area (Å²) >= 11 is 1.72. The Labute approximate surface area is 94.9 Å². The number of urea groups is 1. The molecule has 0 aliphatic heterocycles. The molecule has 1 heterocycles. The highest BCUT2D eigenvalue weighted by atomic mass is 32.1. The normalized spacial score (nSPS) is 10.0. The minimum absolute atomic E-state index is 0.0745. The van der Waals surface area contributed by atoms with Crippen LogP contribution in [0, 0.1) is 6.92 Å². The van der Waals surface area contributed by atoms with E-state index in [9.17, 15) is 4.79 Å². The van der Waals surface area contributed by atoms with Crippen LogP contribution in [0.4, 0.5) is 4.79 Å². The van der Waals surface area contributed by atoms with Gasteiger partial charge in [0.25, 0.3) is 0 Å². The molecular weight excluding hydrogens is 208 g/mol. The Morgan fingerprint density at radius 1 is 1.40 bits per heavy atom. The van der Waals surface area contributed by atoms with Crippen LogP contribution in [-0.2, 0) is 6.54 Å². The fraction of sp³-hybridized carbons (Fsp3) is 0.545. The summed E-state index contributed by atoms with van der Waals surface area (Å²) in [6.45, 7) is 5.55. The Balaban J connectivity index is 2.16. The molecule has 0 fully saturated rings. The zero-order valence-electron chi connectivity index (χ0n) is 9.30. The first-order valence-electron chi connectivity index (χ1n) is 5.29. The van der Waals surface area contributed by atoms with Crippen LogP contribution >= 0.6 is 11.3 Å². The lowest BCUT2D eigenvalue weighted by atomic mass is 10.3. The zero-order chi connectivity index (χ0) is 11.1. The number of thiophene rings is 1. The molecule has 0 atom stereocenters. The molecule has 2 N–H and O–H groups in total. The van der Waals surface area contributed by atoms with Crippen molar-refractivity contribution in [3.63, 3.8) is 0 Å². The van der Waals surface area contributed by atoms with E-state index >= 15 is 0 Å². The van der Waals surface area contributed by atoms with Crippen LogP contribution in [0.5, 0.6) is 0 Å². The second kappa shape index (κ2) is 6.45. The summed E-state index contributed by atoms with van der Waals surface area (Å²) in [4.78, 5) is 13.7. The largest absolute Gasteiger partial charge is 0.338 e. The molecule has 1 aromatic heterocycles. The third kappa shape index (κ3) is 4.83. The smallest absolute Gasteiger partial charge is 0.315 e. The van der Waals surface area contributed by atoms with E-state index in [2.05, 4.69) is 30.5 Å². The maximum Gasteiger partial charge on any atom is 0.315 e. The van der Waals surface area contributed by atoms with E-state index < -0.39 is 0 Å². The van der Waals surface area contributed by atoms with Crippen molar-refractivity contribution in [1.82, 2.24) is 10.6 Å². The van der Waals surface area contributed by atoms with Crippen molar-refractivity contribution < 1.29 is 4.79 Å². The molecule has 2 amide bonds. The van der Waals surface area contributed by atoms with Gasteiger partial charge in [-0.15, -0.1) is 11.3 Å². The van der Waals surface area contributed by atoms with Crippen molar-refractivity contribution in [2.45, 2.75) is 33.2 Å². The summed E-state index contributed by atoms with van der Waals surface area (Å²) < 4.78 is 0. The van der Waals surface area contributed by atoms with Gasteiger partial charge in [0.05, 0.1) is 6.54 Å². The van der Waals surface area contributed by atoms with Gasteiger partial charge in [-0.25, -0.2) is 4.79 Å². The van der Waals surface area contributed by atoms with Gasteiger partial charge in [-0.3, -0.25) is 0 Å². The molecule has 0 saturated carbocycles. The van der Waals surface area contributed by atoms with E-state index in [-0.39, 0.29) is 6.03 Å². The molecule has 0 radical (unpaired) electrons. The Morgan fingerprint density at radius 3 is 2.80 bits per heavy atom. The highest BCUT2D eigenvalue weighted by Gasteiger charge is 2.00. The molecule has 1 aromatic rings. The van der Waals surface area contributed by atoms with Crippen molar-refractivity contribution >= 4 is 17.4 Å². The number of rotatable bonds is 5. The molecule has 0 bridgehead atoms. The maximum absolute atomic E-state index is 11.3. The van der Waals surface area contributed by atoms with Crippen molar-refractivity contribution in [2.75, 3.05) is 6.54 Å². The standard InChI is InChI=1S/C11H18N2OS/c1-3-4-7-12-11(14)13-8-10-6-5-9(2)15-10/h5-6H,3-4,7-8H2,1-2H3,(H2,12,13,14). The second-order valence-corrected chi connectivity index (χ2v) is 4.85. The Bertz CT molecular complexity index is 309. The minimum atomic E-state index is -0.0745. The number of hydrogen-bond donors (Lipinski definition) is 2. The minimum Gasteiger partial charge on any atom is -0.338 e. The molecule has 0 unspecified atom stereocenters. The number of carbonyl (C=O) groups excluding carboxylic acids is 1. The Hall–Kier alpha value is -1.03. The van der Waals surface area contributed by atoms with Crippen molar-refractivity contribution in [3.05, 3.63) is 21.9 Å². The number of hydrogen-bond acceptors (Lipinski definition) is 2. The molecule has 0 saturated heterocycles. The molecule has 84 valence electrons. The monoisotopic (exact) mass is 226 g/mol. The number of unbranched alkanes of at least 4 members (excludes halogenated alkanes) is 1. The highest BCUT2D eigenvalue weighted by molar-refractivity contribution is 7.11. The fourth-order valence-corrected chi connectivity index (χ4v) is 2.02. The van der Waals surface area contributed by atoms with Gasteiger partial charge in [-0.1, -0.05) is 13.3 Å². The van der Waals surface area contributed by atoms with E-state index in [0.29, 0.717) is 6.54 Å². The zero-order valence-corrected chi connectivity index (χ0v) is 10.1. The first-order chi connectivity index (χ1) is 7.22. The maximum atomic E-state index is 11.3. The van der Waals surface area contributed by atoms with Gasteiger partial charge in [0.15, 0.2) is 0 Å². The average Bonchev–Trinajstić information content (AvgIpc) is 2.62. The number of carbonyl (C=O) groups is 1. The van der Waals surface area contributed by atoms with Gasteiger partial charge >= 0.3 is 6.03 Å². The van der Waals surface area contributed by atoms with Crippen molar-refractivity contribution in [2.24, 2.45) is 0 Å². The van der Waals surface area contributed by atoms with Crippen molar-refractivity contribution in [1.29, 1.82) is 0 Å². The lowest BCUT2D eigenvalue weighted by Crippen LogP contribution is -2.35. The van der Waals surface area contributed by atoms with Crippen LogP contribution in [-0.4, -0.2) is 12.6 Å². The molecule has 0 aliphatic carbocycles. The van der Waals surface area contributed by atoms with Gasteiger partial charge in [0.1, 0.15) is 0 Å². The SMILES string of the molecule is CCCCNC(=O)NCc1ccc(C)s1. The van der Waals surface area contributed by atoms with Gasteiger partial charge in [0, 0.05) is 16.3 Å². The molecule has 15 heavy (non-hydrogen) atoms. The van der Waals surface area contributed by atoms with E-state index in [1.807, 2.05) is 6.07 Å². The predicted molar refractivity (Wildman–Crippen MR) is 64.2 cm³/mol. The van der Waals surface area contributed by atoms with Crippen LogP contribution in [0.15, 0.2) is 12.1 Å². The summed E-state index contributed by atoms with van der Waals surface area (Å²) in [7, 11) is 0. The lowest BCUT2D eigenvalue weighted by Gasteiger charge is -2.05. The van der Waals surface area contributed by atoms with Crippen LogP contribution in [0.2, 0.25) is 0 Å². The first kappa shape index (κ1) is 12.0. The highest BCUT2D eigenvalue weighted by Crippen LogP contribution is 2.14. The van der Waals surface area contributed by atoms with Crippen LogP contribution < -0.4 is 10.6 Å². The number of aryl methyl sites for hydroxylation is 1. The van der Waals surface area contributed by atoms with Gasteiger partial charge < -0.3 is 10.6 Å². The van der Waals surface area contributed by atoms with Crippen LogP contribution in [0.3, 0.4) is 0 Å². The van der Waals surface area contributed by atoms with Crippen LogP contribution in [0.25, 0.3) is 0 Å². The molecular formula is C11H18N2OS. The van der Waals surface area contributed by atoms with Gasteiger partial charge in [-0.2, -0.15) is 0 Å². The molecule has 4 heteroatoms. The summed E-state index contributed by atoms with van der Waals surface area (Å²) in [6, 6.07) is 4.04. The Kier molecular flexibility index (Phi) is 5.18. The molecule has 1 rings (SSSR count). The number of nitrogens with one attached hydrogen (secondary N) is 2. The fourth-order valence-electron chi connectivity index (χ4n) is 1.19. The second-order valence-electron chi connectivity index (χ2n) is 3.48. The lowest BCUT2D eigenvalue weighted by molar-refractivity contribution is 0.240. The van der Waals surface area contributed by atoms with Gasteiger partial charge in [-0.05, 0) is 25.5 Å². The summed E-state index contributed by atoms with van der Waals surface area (Å²) in [5.74, 6) is 0. The van der Waals surface area contributed by atoms with Crippen LogP contribution in [0.1, 0.15) is 29.5 Å². The summed E-state index contributed by atoms with van der Waals surface area (Å²) in [5, 5.41) is 5.65. The predicted octanol–water partition coefficient (Wildman–Crippen LogP) is 2.66. The topological polar surface area (TPSA) is 41.1 Å². The quantitative estimate of drug-likeness (QED) is 0.745. The first-order valence-corrected chi connectivity index (χ1v) is 6.11. The third-order valence-electron chi connectivity index (χ3n) is 2.04. The summed E-state index contributed by atoms with van der Waals surface area (Å²) in [6.07, 6.45) is 2.13. The van der Waals surface area contributed by atoms with Crippen molar-refractivity contribution in [3.8, 4) is 0 Å². The van der Waals surface area contributed by atoms with E-state index in [4.69, 9.17) is 0 Å².